The largest absolute Gasteiger partial charge is 0.381 e. The summed E-state index contributed by atoms with van der Waals surface area (Å²) in [6, 6.07) is 14.9. The average Bonchev–Trinajstić information content (AvgIpc) is 2.89. The highest BCUT2D eigenvalue weighted by Gasteiger charge is 2.16. The van der Waals surface area contributed by atoms with E-state index in [1.54, 1.807) is 12.5 Å². The molecule has 0 aliphatic carbocycles. The van der Waals surface area contributed by atoms with Gasteiger partial charge in [-0.2, -0.15) is 0 Å². The van der Waals surface area contributed by atoms with Crippen molar-refractivity contribution < 1.29 is 0 Å². The van der Waals surface area contributed by atoms with Crippen LogP contribution in [0.1, 0.15) is 30.4 Å². The van der Waals surface area contributed by atoms with E-state index in [0.717, 1.165) is 53.6 Å². The fraction of sp³-hybridized carbons (Fsp3) is 0.333. The number of fused-ring (bicyclic) bond motifs is 1. The van der Waals surface area contributed by atoms with Crippen LogP contribution in [-0.4, -0.2) is 47.1 Å². The summed E-state index contributed by atoms with van der Waals surface area (Å²) in [5.74, 6) is 1.45. The first-order valence-corrected chi connectivity index (χ1v) is 12.2. The normalized spacial score (nSPS) is 13.6. The van der Waals surface area contributed by atoms with E-state index in [2.05, 4.69) is 84.8 Å². The molecule has 1 aliphatic heterocycles. The van der Waals surface area contributed by atoms with E-state index in [9.17, 15) is 0 Å². The van der Waals surface area contributed by atoms with E-state index in [-0.39, 0.29) is 0 Å². The van der Waals surface area contributed by atoms with E-state index in [1.807, 2.05) is 14.1 Å². The zero-order valence-electron chi connectivity index (χ0n) is 20.6. The molecule has 8 nitrogen and oxygen atoms in total. The third-order valence-corrected chi connectivity index (χ3v) is 6.42. The molecule has 180 valence electrons. The summed E-state index contributed by atoms with van der Waals surface area (Å²) in [4.78, 5) is 22.7. The van der Waals surface area contributed by atoms with Crippen LogP contribution in [0.25, 0.3) is 11.0 Å². The Labute approximate surface area is 206 Å². The summed E-state index contributed by atoms with van der Waals surface area (Å²) in [5, 5.41) is 7.05. The molecule has 0 unspecified atom stereocenters. The SMILES string of the molecule is Cc1ccc(CNc2cccc(N(C)C)c2)cc1Nc1ncnc2cnc(N3CCCCC3)nc12. The molecule has 4 aromatic rings. The summed E-state index contributed by atoms with van der Waals surface area (Å²) in [6.45, 7) is 4.80. The van der Waals surface area contributed by atoms with Gasteiger partial charge in [0.2, 0.25) is 5.95 Å². The lowest BCUT2D eigenvalue weighted by atomic mass is 10.1. The van der Waals surface area contributed by atoms with Crippen LogP contribution in [0, 0.1) is 6.92 Å². The molecule has 0 bridgehead atoms. The molecule has 1 saturated heterocycles. The number of nitrogens with one attached hydrogen (secondary N) is 2. The Balaban J connectivity index is 1.37. The van der Waals surface area contributed by atoms with Gasteiger partial charge < -0.3 is 20.4 Å². The van der Waals surface area contributed by atoms with Crippen molar-refractivity contribution in [2.24, 2.45) is 0 Å². The highest BCUT2D eigenvalue weighted by molar-refractivity contribution is 5.87. The lowest BCUT2D eigenvalue weighted by Gasteiger charge is -2.26. The number of benzene rings is 2. The number of rotatable bonds is 7. The summed E-state index contributed by atoms with van der Waals surface area (Å²) < 4.78 is 0. The number of aromatic nitrogens is 4. The number of aryl methyl sites for hydroxylation is 1. The maximum atomic E-state index is 4.86. The Hall–Kier alpha value is -3.94. The van der Waals surface area contributed by atoms with Gasteiger partial charge in [0.1, 0.15) is 17.4 Å². The summed E-state index contributed by atoms with van der Waals surface area (Å²) in [6.07, 6.45) is 6.99. The van der Waals surface area contributed by atoms with Crippen LogP contribution >= 0.6 is 0 Å². The first-order chi connectivity index (χ1) is 17.1. The number of piperidine rings is 1. The van der Waals surface area contributed by atoms with Gasteiger partial charge in [-0.3, -0.25) is 0 Å². The maximum Gasteiger partial charge on any atom is 0.226 e. The van der Waals surface area contributed by atoms with Crippen molar-refractivity contribution in [1.29, 1.82) is 0 Å². The Morgan fingerprint density at radius 3 is 2.66 bits per heavy atom. The lowest BCUT2D eigenvalue weighted by Crippen LogP contribution is -2.31. The zero-order valence-corrected chi connectivity index (χ0v) is 20.6. The van der Waals surface area contributed by atoms with Gasteiger partial charge in [-0.05, 0) is 61.6 Å². The zero-order chi connectivity index (χ0) is 24.2. The Morgan fingerprint density at radius 2 is 1.83 bits per heavy atom. The first-order valence-electron chi connectivity index (χ1n) is 12.2. The van der Waals surface area contributed by atoms with Gasteiger partial charge in [0.05, 0.1) is 6.20 Å². The molecule has 35 heavy (non-hydrogen) atoms. The minimum absolute atomic E-state index is 0.697. The van der Waals surface area contributed by atoms with E-state index < -0.39 is 0 Å². The maximum absolute atomic E-state index is 4.86. The molecule has 2 aromatic heterocycles. The topological polar surface area (TPSA) is 82.1 Å². The van der Waals surface area contributed by atoms with Gasteiger partial charge in [0.25, 0.3) is 0 Å². The van der Waals surface area contributed by atoms with Crippen LogP contribution in [0.4, 0.5) is 28.8 Å². The summed E-state index contributed by atoms with van der Waals surface area (Å²) in [7, 11) is 4.10. The van der Waals surface area contributed by atoms with Gasteiger partial charge in [-0.1, -0.05) is 18.2 Å². The predicted octanol–water partition coefficient (Wildman–Crippen LogP) is 5.14. The summed E-state index contributed by atoms with van der Waals surface area (Å²) in [5.41, 5.74) is 7.06. The molecular formula is C27H32N8. The highest BCUT2D eigenvalue weighted by Crippen LogP contribution is 2.27. The minimum Gasteiger partial charge on any atom is -0.381 e. The van der Waals surface area contributed by atoms with Gasteiger partial charge in [0.15, 0.2) is 5.82 Å². The van der Waals surface area contributed by atoms with Gasteiger partial charge in [-0.15, -0.1) is 0 Å². The molecule has 0 amide bonds. The van der Waals surface area contributed by atoms with Crippen molar-refractivity contribution in [3.05, 3.63) is 66.1 Å². The second-order valence-corrected chi connectivity index (χ2v) is 9.25. The Bertz CT molecular complexity index is 1310. The van der Waals surface area contributed by atoms with Gasteiger partial charge in [-0.25, -0.2) is 19.9 Å². The molecule has 0 saturated carbocycles. The van der Waals surface area contributed by atoms with Crippen molar-refractivity contribution in [2.75, 3.05) is 47.6 Å². The molecule has 0 radical (unpaired) electrons. The van der Waals surface area contributed by atoms with Crippen molar-refractivity contribution in [3.8, 4) is 0 Å². The fourth-order valence-corrected chi connectivity index (χ4v) is 4.32. The van der Waals surface area contributed by atoms with Crippen LogP contribution in [0.15, 0.2) is 55.0 Å². The van der Waals surface area contributed by atoms with Crippen LogP contribution < -0.4 is 20.4 Å². The van der Waals surface area contributed by atoms with E-state index in [1.165, 1.54) is 30.5 Å². The average molecular weight is 469 g/mol. The van der Waals surface area contributed by atoms with Gasteiger partial charge >= 0.3 is 0 Å². The molecule has 2 aromatic carbocycles. The van der Waals surface area contributed by atoms with Crippen molar-refractivity contribution >= 4 is 39.9 Å². The van der Waals surface area contributed by atoms with Gasteiger partial charge in [0, 0.05) is 50.8 Å². The second-order valence-electron chi connectivity index (χ2n) is 9.25. The first kappa shape index (κ1) is 22.8. The predicted molar refractivity (Wildman–Crippen MR) is 144 cm³/mol. The summed E-state index contributed by atoms with van der Waals surface area (Å²) >= 11 is 0. The Kier molecular flexibility index (Phi) is 6.61. The minimum atomic E-state index is 0.697. The van der Waals surface area contributed by atoms with Crippen molar-refractivity contribution in [2.45, 2.75) is 32.7 Å². The number of nitrogens with zero attached hydrogens (tertiary/aromatic N) is 6. The molecule has 1 fully saturated rings. The second kappa shape index (κ2) is 10.1. The van der Waals surface area contributed by atoms with E-state index >= 15 is 0 Å². The highest BCUT2D eigenvalue weighted by atomic mass is 15.3. The van der Waals surface area contributed by atoms with Crippen molar-refractivity contribution in [3.63, 3.8) is 0 Å². The van der Waals surface area contributed by atoms with E-state index in [4.69, 9.17) is 4.98 Å². The Morgan fingerprint density at radius 1 is 0.971 bits per heavy atom. The van der Waals surface area contributed by atoms with Crippen molar-refractivity contribution in [1.82, 2.24) is 19.9 Å². The number of anilines is 5. The lowest BCUT2D eigenvalue weighted by molar-refractivity contribution is 0.569. The molecule has 8 heteroatoms. The molecule has 1 aliphatic rings. The molecule has 0 atom stereocenters. The van der Waals surface area contributed by atoms with Crippen LogP contribution in [0.3, 0.4) is 0 Å². The van der Waals surface area contributed by atoms with E-state index in [0.29, 0.717) is 5.82 Å². The third kappa shape index (κ3) is 5.26. The smallest absolute Gasteiger partial charge is 0.226 e. The van der Waals surface area contributed by atoms with Crippen LogP contribution in [-0.2, 0) is 6.54 Å². The van der Waals surface area contributed by atoms with Crippen LogP contribution in [0.5, 0.6) is 0 Å². The molecule has 5 rings (SSSR count). The number of hydrogen-bond acceptors (Lipinski definition) is 8. The molecule has 0 spiro atoms. The quantitative estimate of drug-likeness (QED) is 0.386. The molecule has 2 N–H and O–H groups in total. The monoisotopic (exact) mass is 468 g/mol. The molecular weight excluding hydrogens is 436 g/mol. The third-order valence-electron chi connectivity index (χ3n) is 6.42. The standard InChI is InChI=1S/C27H32N8/c1-19-10-11-20(16-28-21-8-7-9-22(15-21)34(2)3)14-23(19)32-26-25-24(30-18-31-26)17-29-27(33-25)35-12-5-4-6-13-35/h7-11,14-15,17-18,28H,4-6,12-13,16H2,1-3H3,(H,30,31,32). The van der Waals surface area contributed by atoms with Crippen LogP contribution in [0.2, 0.25) is 0 Å². The fourth-order valence-electron chi connectivity index (χ4n) is 4.32. The number of hydrogen-bond donors (Lipinski definition) is 2. The molecule has 3 heterocycles.